The van der Waals surface area contributed by atoms with Gasteiger partial charge in [-0.2, -0.15) is 5.26 Å². The van der Waals surface area contributed by atoms with E-state index in [1.54, 1.807) is 11.3 Å². The molecule has 2 aliphatic rings. The predicted octanol–water partition coefficient (Wildman–Crippen LogP) is 3.32. The molecular weight excluding hydrogens is 216 g/mol. The maximum absolute atomic E-state index is 9.53. The van der Waals surface area contributed by atoms with Crippen LogP contribution in [0.1, 0.15) is 36.4 Å². The van der Waals surface area contributed by atoms with E-state index in [4.69, 9.17) is 0 Å². The van der Waals surface area contributed by atoms with Crippen LogP contribution in [0.2, 0.25) is 0 Å². The average molecular weight is 232 g/mol. The zero-order valence-electron chi connectivity index (χ0n) is 9.57. The monoisotopic (exact) mass is 232 g/mol. The normalized spacial score (nSPS) is 36.5. The van der Waals surface area contributed by atoms with Gasteiger partial charge in [0.05, 0.1) is 16.5 Å². The molecule has 0 aromatic carbocycles. The number of aryl methyl sites for hydroxylation is 1. The first-order valence-electron chi connectivity index (χ1n) is 6.04. The first-order valence-corrected chi connectivity index (χ1v) is 6.92. The summed E-state index contributed by atoms with van der Waals surface area (Å²) >= 11 is 1.72. The van der Waals surface area contributed by atoms with Gasteiger partial charge in [0.1, 0.15) is 0 Å². The number of rotatable bonds is 2. The molecule has 1 aromatic heterocycles. The Morgan fingerprint density at radius 2 is 2.50 bits per heavy atom. The van der Waals surface area contributed by atoms with Gasteiger partial charge >= 0.3 is 0 Å². The minimum Gasteiger partial charge on any atom is -0.247 e. The van der Waals surface area contributed by atoms with Gasteiger partial charge in [0.2, 0.25) is 0 Å². The van der Waals surface area contributed by atoms with E-state index >= 15 is 0 Å². The van der Waals surface area contributed by atoms with Crippen LogP contribution >= 0.6 is 11.3 Å². The molecule has 2 saturated carbocycles. The van der Waals surface area contributed by atoms with Gasteiger partial charge < -0.3 is 0 Å². The molecule has 0 N–H and O–H groups in total. The molecular formula is C13H16N2S. The van der Waals surface area contributed by atoms with Crippen molar-refractivity contribution in [2.45, 2.75) is 39.0 Å². The number of hydrogen-bond acceptors (Lipinski definition) is 3. The maximum atomic E-state index is 9.53. The Labute approximate surface area is 100 Å². The smallest absolute Gasteiger partial charge is 0.0944 e. The van der Waals surface area contributed by atoms with Gasteiger partial charge in [-0.15, -0.1) is 11.3 Å². The Hall–Kier alpha value is -0.880. The van der Waals surface area contributed by atoms with Gasteiger partial charge in [-0.25, -0.2) is 4.98 Å². The molecule has 2 fully saturated rings. The van der Waals surface area contributed by atoms with Crippen molar-refractivity contribution >= 4 is 11.3 Å². The minimum absolute atomic E-state index is 0.0762. The van der Waals surface area contributed by atoms with Crippen molar-refractivity contribution in [1.82, 2.24) is 4.98 Å². The molecule has 2 aliphatic carbocycles. The molecule has 2 nitrogen and oxygen atoms in total. The number of fused-ring (bicyclic) bond motifs is 2. The summed E-state index contributed by atoms with van der Waals surface area (Å²) in [5.74, 6) is 1.47. The molecule has 0 radical (unpaired) electrons. The lowest BCUT2D eigenvalue weighted by atomic mass is 9.72. The summed E-state index contributed by atoms with van der Waals surface area (Å²) in [6, 6.07) is 2.63. The fraction of sp³-hybridized carbons (Fsp3) is 0.692. The fourth-order valence-electron chi connectivity index (χ4n) is 3.59. The quantitative estimate of drug-likeness (QED) is 0.784. The highest BCUT2D eigenvalue weighted by atomic mass is 32.1. The van der Waals surface area contributed by atoms with Crippen molar-refractivity contribution in [3.8, 4) is 6.07 Å². The van der Waals surface area contributed by atoms with Crippen LogP contribution in [0.25, 0.3) is 0 Å². The van der Waals surface area contributed by atoms with Crippen molar-refractivity contribution in [3.05, 3.63) is 16.1 Å². The van der Waals surface area contributed by atoms with Crippen LogP contribution in [0, 0.1) is 35.5 Å². The molecule has 2 bridgehead atoms. The largest absolute Gasteiger partial charge is 0.247 e. The van der Waals surface area contributed by atoms with E-state index in [0.717, 1.165) is 29.5 Å². The Bertz CT molecular complexity index is 445. The maximum Gasteiger partial charge on any atom is 0.0944 e. The van der Waals surface area contributed by atoms with E-state index in [2.05, 4.69) is 16.4 Å². The first kappa shape index (κ1) is 10.3. The summed E-state index contributed by atoms with van der Waals surface area (Å²) in [7, 11) is 0. The molecule has 3 atom stereocenters. The summed E-state index contributed by atoms with van der Waals surface area (Å²) in [5, 5.41) is 12.8. The van der Waals surface area contributed by atoms with Crippen LogP contribution in [0.15, 0.2) is 5.38 Å². The van der Waals surface area contributed by atoms with Crippen LogP contribution in [-0.2, 0) is 6.42 Å². The Balaban J connectivity index is 1.85. The summed E-state index contributed by atoms with van der Waals surface area (Å²) < 4.78 is 0. The lowest BCUT2D eigenvalue weighted by Crippen LogP contribution is -2.28. The van der Waals surface area contributed by atoms with Crippen molar-refractivity contribution in [2.75, 3.05) is 0 Å². The lowest BCUT2D eigenvalue weighted by Gasteiger charge is -2.30. The molecule has 1 aromatic rings. The highest BCUT2D eigenvalue weighted by Crippen LogP contribution is 2.57. The topological polar surface area (TPSA) is 36.7 Å². The van der Waals surface area contributed by atoms with Crippen molar-refractivity contribution < 1.29 is 0 Å². The van der Waals surface area contributed by atoms with E-state index < -0.39 is 0 Å². The fourth-order valence-corrected chi connectivity index (χ4v) is 4.49. The van der Waals surface area contributed by atoms with Gasteiger partial charge in [-0.05, 0) is 38.0 Å². The van der Waals surface area contributed by atoms with Crippen molar-refractivity contribution in [3.63, 3.8) is 0 Å². The summed E-state index contributed by atoms with van der Waals surface area (Å²) in [5.41, 5.74) is 1.02. The molecule has 3 heteroatoms. The molecule has 3 rings (SSSR count). The van der Waals surface area contributed by atoms with E-state index in [1.165, 1.54) is 19.3 Å². The lowest BCUT2D eigenvalue weighted by molar-refractivity contribution is 0.239. The second-order valence-electron chi connectivity index (χ2n) is 5.41. The molecule has 0 amide bonds. The Morgan fingerprint density at radius 1 is 1.62 bits per heavy atom. The van der Waals surface area contributed by atoms with E-state index in [1.807, 2.05) is 6.92 Å². The van der Waals surface area contributed by atoms with Gasteiger partial charge in [0, 0.05) is 17.5 Å². The van der Waals surface area contributed by atoms with E-state index in [-0.39, 0.29) is 5.41 Å². The van der Waals surface area contributed by atoms with E-state index in [9.17, 15) is 5.26 Å². The van der Waals surface area contributed by atoms with Crippen LogP contribution < -0.4 is 0 Å². The third-order valence-corrected chi connectivity index (χ3v) is 5.30. The summed E-state index contributed by atoms with van der Waals surface area (Å²) in [6.07, 6.45) is 5.92. The molecule has 0 spiro atoms. The predicted molar refractivity (Wildman–Crippen MR) is 64.0 cm³/mol. The Morgan fingerprint density at radius 3 is 3.00 bits per heavy atom. The van der Waals surface area contributed by atoms with Gasteiger partial charge in [0.15, 0.2) is 0 Å². The van der Waals surface area contributed by atoms with Crippen molar-refractivity contribution in [1.29, 1.82) is 5.26 Å². The number of nitriles is 1. The molecule has 16 heavy (non-hydrogen) atoms. The number of aromatic nitrogens is 1. The molecule has 84 valence electrons. The van der Waals surface area contributed by atoms with Crippen LogP contribution in [0.5, 0.6) is 0 Å². The van der Waals surface area contributed by atoms with Crippen LogP contribution in [-0.4, -0.2) is 4.98 Å². The van der Waals surface area contributed by atoms with Crippen LogP contribution in [0.3, 0.4) is 0 Å². The van der Waals surface area contributed by atoms with E-state index in [0.29, 0.717) is 5.92 Å². The van der Waals surface area contributed by atoms with Gasteiger partial charge in [-0.3, -0.25) is 0 Å². The summed E-state index contributed by atoms with van der Waals surface area (Å²) in [6.45, 7) is 2.03. The van der Waals surface area contributed by atoms with Crippen molar-refractivity contribution in [2.24, 2.45) is 17.3 Å². The van der Waals surface area contributed by atoms with Gasteiger partial charge in [0.25, 0.3) is 0 Å². The highest BCUT2D eigenvalue weighted by molar-refractivity contribution is 7.09. The Kier molecular flexibility index (Phi) is 2.29. The average Bonchev–Trinajstić information content (AvgIpc) is 2.94. The zero-order chi connectivity index (χ0) is 11.2. The summed E-state index contributed by atoms with van der Waals surface area (Å²) in [4.78, 5) is 4.52. The zero-order valence-corrected chi connectivity index (χ0v) is 10.4. The standard InChI is InChI=1S/C13H16N2S/c1-9-7-16-12(15-9)6-13(8-14)5-10-2-3-11(13)4-10/h7,10-11H,2-6H2,1H3. The molecule has 1 heterocycles. The molecule has 3 unspecified atom stereocenters. The van der Waals surface area contributed by atoms with Crippen LogP contribution in [0.4, 0.5) is 0 Å². The minimum atomic E-state index is -0.0762. The number of nitrogens with zero attached hydrogens (tertiary/aromatic N) is 2. The first-order chi connectivity index (χ1) is 7.72. The second-order valence-corrected chi connectivity index (χ2v) is 6.35. The molecule has 0 saturated heterocycles. The molecule has 0 aliphatic heterocycles. The van der Waals surface area contributed by atoms with Gasteiger partial charge in [-0.1, -0.05) is 6.42 Å². The second kappa shape index (κ2) is 3.56. The third-order valence-electron chi connectivity index (χ3n) is 4.33. The third kappa shape index (κ3) is 1.48. The highest BCUT2D eigenvalue weighted by Gasteiger charge is 2.51. The number of thiazole rings is 1. The SMILES string of the molecule is Cc1csc(CC2(C#N)CC3CCC2C3)n1. The number of hydrogen-bond donors (Lipinski definition) is 0.